The lowest BCUT2D eigenvalue weighted by Crippen LogP contribution is -2.26. The summed E-state index contributed by atoms with van der Waals surface area (Å²) in [5.74, 6) is 0. The van der Waals surface area contributed by atoms with Gasteiger partial charge in [0, 0.05) is 22.1 Å². The number of benzene rings is 2. The Balaban J connectivity index is 1.54. The second kappa shape index (κ2) is 7.95. The minimum atomic E-state index is 0.577. The molecule has 1 saturated heterocycles. The number of aromatic nitrogens is 1. The normalized spacial score (nSPS) is 18.0. The summed E-state index contributed by atoms with van der Waals surface area (Å²) in [6, 6.07) is 17.5. The molecule has 2 aromatic carbocycles. The maximum Gasteiger partial charge on any atom is 0.123 e. The summed E-state index contributed by atoms with van der Waals surface area (Å²) in [5, 5.41) is 1.34. The lowest BCUT2D eigenvalue weighted by molar-refractivity contribution is 0.0667. The van der Waals surface area contributed by atoms with E-state index in [2.05, 4.69) is 81.1 Å². The van der Waals surface area contributed by atoms with E-state index in [0.717, 1.165) is 10.9 Å². The zero-order valence-corrected chi connectivity index (χ0v) is 16.8. The number of ether oxygens (including phenoxy) is 1. The van der Waals surface area contributed by atoms with Crippen molar-refractivity contribution >= 4 is 26.8 Å². The van der Waals surface area contributed by atoms with Gasteiger partial charge in [-0.05, 0) is 62.2 Å². The van der Waals surface area contributed by atoms with Crippen LogP contribution in [0.1, 0.15) is 24.0 Å². The third-order valence-electron chi connectivity index (χ3n) is 5.39. The number of fused-ring (bicyclic) bond motifs is 1. The van der Waals surface area contributed by atoms with Crippen molar-refractivity contribution in [3.8, 4) is 0 Å². The molecule has 1 aliphatic rings. The second-order valence-electron chi connectivity index (χ2n) is 7.23. The molecule has 1 aromatic heterocycles. The van der Waals surface area contributed by atoms with E-state index in [9.17, 15) is 0 Å². The predicted octanol–water partition coefficient (Wildman–Crippen LogP) is 5.21. The van der Waals surface area contributed by atoms with E-state index in [4.69, 9.17) is 4.74 Å². The smallest absolute Gasteiger partial charge is 0.123 e. The van der Waals surface area contributed by atoms with Gasteiger partial charge in [-0.1, -0.05) is 46.3 Å². The van der Waals surface area contributed by atoms with Crippen molar-refractivity contribution in [2.45, 2.75) is 38.6 Å². The summed E-state index contributed by atoms with van der Waals surface area (Å²) < 4.78 is 9.37. The fraction of sp³-hybridized carbons (Fsp3) is 0.364. The fourth-order valence-corrected chi connectivity index (χ4v) is 4.30. The number of hydrogen-bond donors (Lipinski definition) is 0. The van der Waals surface area contributed by atoms with Crippen LogP contribution in [-0.2, 0) is 24.5 Å². The van der Waals surface area contributed by atoms with Crippen LogP contribution in [0.2, 0.25) is 0 Å². The molecule has 1 fully saturated rings. The first-order valence-electron chi connectivity index (χ1n) is 9.30. The SMILES string of the molecule is CN1CCC[C@@H]1Cc1cn(COCc2ccccc2)c2ccc(Br)cc12. The summed E-state index contributed by atoms with van der Waals surface area (Å²) in [6.45, 7) is 2.43. The van der Waals surface area contributed by atoms with Gasteiger partial charge in [0.2, 0.25) is 0 Å². The van der Waals surface area contributed by atoms with Gasteiger partial charge in [0.15, 0.2) is 0 Å². The van der Waals surface area contributed by atoms with Crippen LogP contribution in [0.3, 0.4) is 0 Å². The van der Waals surface area contributed by atoms with Crippen LogP contribution in [0.4, 0.5) is 0 Å². The molecule has 0 saturated carbocycles. The second-order valence-corrected chi connectivity index (χ2v) is 8.15. The summed E-state index contributed by atoms with van der Waals surface area (Å²) in [5.41, 5.74) is 3.87. The number of halogens is 1. The number of rotatable bonds is 6. The molecular weight excluding hydrogens is 388 g/mol. The van der Waals surface area contributed by atoms with Gasteiger partial charge in [-0.25, -0.2) is 0 Å². The molecule has 0 unspecified atom stereocenters. The molecule has 0 amide bonds. The molecule has 0 spiro atoms. The summed E-state index contributed by atoms with van der Waals surface area (Å²) >= 11 is 3.63. The van der Waals surface area contributed by atoms with E-state index in [1.165, 1.54) is 41.4 Å². The third kappa shape index (κ3) is 3.88. The van der Waals surface area contributed by atoms with Crippen molar-refractivity contribution in [3.05, 3.63) is 70.3 Å². The minimum absolute atomic E-state index is 0.577. The van der Waals surface area contributed by atoms with Gasteiger partial charge in [0.25, 0.3) is 0 Å². The molecule has 1 atom stereocenters. The predicted molar refractivity (Wildman–Crippen MR) is 110 cm³/mol. The van der Waals surface area contributed by atoms with Gasteiger partial charge in [-0.15, -0.1) is 0 Å². The van der Waals surface area contributed by atoms with Crippen LogP contribution >= 0.6 is 15.9 Å². The molecular formula is C22H25BrN2O. The molecule has 3 aromatic rings. The average molecular weight is 413 g/mol. The van der Waals surface area contributed by atoms with Gasteiger partial charge in [-0.2, -0.15) is 0 Å². The van der Waals surface area contributed by atoms with E-state index in [1.807, 2.05) is 6.07 Å². The van der Waals surface area contributed by atoms with Gasteiger partial charge >= 0.3 is 0 Å². The zero-order valence-electron chi connectivity index (χ0n) is 15.2. The van der Waals surface area contributed by atoms with E-state index < -0.39 is 0 Å². The molecule has 136 valence electrons. The van der Waals surface area contributed by atoms with Crippen molar-refractivity contribution in [2.24, 2.45) is 0 Å². The largest absolute Gasteiger partial charge is 0.356 e. The van der Waals surface area contributed by atoms with Crippen LogP contribution in [0, 0.1) is 0 Å². The number of hydrogen-bond acceptors (Lipinski definition) is 2. The number of likely N-dealkylation sites (tertiary alicyclic amines) is 1. The Morgan fingerprint density at radius 1 is 1.15 bits per heavy atom. The van der Waals surface area contributed by atoms with Crippen molar-refractivity contribution in [2.75, 3.05) is 13.6 Å². The number of nitrogens with zero attached hydrogens (tertiary/aromatic N) is 2. The Bertz CT molecular complexity index is 874. The minimum Gasteiger partial charge on any atom is -0.356 e. The first kappa shape index (κ1) is 17.8. The monoisotopic (exact) mass is 412 g/mol. The van der Waals surface area contributed by atoms with Crippen molar-refractivity contribution < 1.29 is 4.74 Å². The van der Waals surface area contributed by atoms with Gasteiger partial charge in [0.1, 0.15) is 6.73 Å². The quantitative estimate of drug-likeness (QED) is 0.552. The highest BCUT2D eigenvalue weighted by Crippen LogP contribution is 2.29. The first-order valence-corrected chi connectivity index (χ1v) is 10.1. The standard InChI is InChI=1S/C22H25BrN2O/c1-24-11-5-8-20(24)12-18-14-25(22-10-9-19(23)13-21(18)22)16-26-15-17-6-3-2-4-7-17/h2-4,6-7,9-10,13-14,20H,5,8,11-12,15-16H2,1H3/t20-/m1/s1. The van der Waals surface area contributed by atoms with E-state index in [-0.39, 0.29) is 0 Å². The van der Waals surface area contributed by atoms with Gasteiger partial charge in [-0.3, -0.25) is 0 Å². The molecule has 26 heavy (non-hydrogen) atoms. The Morgan fingerprint density at radius 3 is 2.77 bits per heavy atom. The van der Waals surface area contributed by atoms with Crippen molar-refractivity contribution in [1.29, 1.82) is 0 Å². The molecule has 3 nitrogen and oxygen atoms in total. The fourth-order valence-electron chi connectivity index (χ4n) is 3.94. The molecule has 0 radical (unpaired) electrons. The highest BCUT2D eigenvalue weighted by atomic mass is 79.9. The molecule has 0 aliphatic carbocycles. The molecule has 1 aliphatic heterocycles. The summed E-state index contributed by atoms with van der Waals surface area (Å²) in [6.07, 6.45) is 5.99. The van der Waals surface area contributed by atoms with Gasteiger partial charge in [0.05, 0.1) is 12.1 Å². The third-order valence-corrected chi connectivity index (χ3v) is 5.89. The highest BCUT2D eigenvalue weighted by molar-refractivity contribution is 9.10. The van der Waals surface area contributed by atoms with Crippen LogP contribution < -0.4 is 0 Å². The average Bonchev–Trinajstić information content (AvgIpc) is 3.20. The zero-order chi connectivity index (χ0) is 17.9. The molecule has 0 N–H and O–H groups in total. The van der Waals surface area contributed by atoms with E-state index >= 15 is 0 Å². The van der Waals surface area contributed by atoms with Crippen LogP contribution in [0.25, 0.3) is 10.9 Å². The van der Waals surface area contributed by atoms with E-state index in [0.29, 0.717) is 19.4 Å². The summed E-state index contributed by atoms with van der Waals surface area (Å²) in [7, 11) is 2.25. The maximum absolute atomic E-state index is 5.99. The molecule has 0 bridgehead atoms. The molecule has 2 heterocycles. The summed E-state index contributed by atoms with van der Waals surface area (Å²) in [4.78, 5) is 2.49. The Morgan fingerprint density at radius 2 is 2.00 bits per heavy atom. The van der Waals surface area contributed by atoms with Crippen LogP contribution in [-0.4, -0.2) is 29.1 Å². The lowest BCUT2D eigenvalue weighted by Gasteiger charge is -2.18. The van der Waals surface area contributed by atoms with Crippen molar-refractivity contribution in [1.82, 2.24) is 9.47 Å². The number of likely N-dealkylation sites (N-methyl/N-ethyl adjacent to an activating group) is 1. The Hall–Kier alpha value is -1.62. The molecule has 4 rings (SSSR count). The van der Waals surface area contributed by atoms with Crippen molar-refractivity contribution in [3.63, 3.8) is 0 Å². The maximum atomic E-state index is 5.99. The lowest BCUT2D eigenvalue weighted by atomic mass is 10.0. The Kier molecular flexibility index (Phi) is 5.44. The topological polar surface area (TPSA) is 17.4 Å². The van der Waals surface area contributed by atoms with Gasteiger partial charge < -0.3 is 14.2 Å². The van der Waals surface area contributed by atoms with Crippen LogP contribution in [0.5, 0.6) is 0 Å². The highest BCUT2D eigenvalue weighted by Gasteiger charge is 2.22. The molecule has 4 heteroatoms. The first-order chi connectivity index (χ1) is 12.7. The van der Waals surface area contributed by atoms with E-state index in [1.54, 1.807) is 0 Å². The van der Waals surface area contributed by atoms with Crippen LogP contribution in [0.15, 0.2) is 59.2 Å². The Labute approximate surface area is 163 Å².